The molecule has 1 aliphatic heterocycles. The maximum Gasteiger partial charge on any atom is 0.306 e. The highest BCUT2D eigenvalue weighted by Gasteiger charge is 2.34. The molecule has 0 saturated heterocycles. The monoisotopic (exact) mass is 400 g/mol. The smallest absolute Gasteiger partial charge is 0.306 e. The number of ether oxygens (including phenoxy) is 1. The van der Waals surface area contributed by atoms with Crippen LogP contribution in [0.1, 0.15) is 72.6 Å². The Bertz CT molecular complexity index is 750. The van der Waals surface area contributed by atoms with Crippen molar-refractivity contribution in [3.8, 4) is 0 Å². The summed E-state index contributed by atoms with van der Waals surface area (Å²) >= 11 is 0. The number of rotatable bonds is 8. The normalized spacial score (nSPS) is 17.8. The zero-order chi connectivity index (χ0) is 20.8. The van der Waals surface area contributed by atoms with Crippen molar-refractivity contribution in [1.82, 2.24) is 10.2 Å². The largest absolute Gasteiger partial charge is 0.453 e. The molecule has 1 fully saturated rings. The number of esters is 1. The molecule has 0 bridgehead atoms. The van der Waals surface area contributed by atoms with Crippen LogP contribution in [0.25, 0.3) is 0 Å². The number of hydrogen-bond acceptors (Lipinski definition) is 5. The molecule has 3 rings (SSSR count). The van der Waals surface area contributed by atoms with E-state index in [4.69, 9.17) is 4.74 Å². The fourth-order valence-corrected chi connectivity index (χ4v) is 3.91. The SMILES string of the molecule is C[C@@H](OC(=O)CCCN1C(=O)c2ccccc2C1=O)C(=O)NCC1CCCCC1. The van der Waals surface area contributed by atoms with Gasteiger partial charge in [-0.25, -0.2) is 0 Å². The number of imide groups is 1. The van der Waals surface area contributed by atoms with E-state index < -0.39 is 12.1 Å². The van der Waals surface area contributed by atoms with Crippen molar-refractivity contribution in [1.29, 1.82) is 0 Å². The molecule has 1 atom stereocenters. The van der Waals surface area contributed by atoms with Gasteiger partial charge in [-0.05, 0) is 44.2 Å². The predicted molar refractivity (Wildman–Crippen MR) is 106 cm³/mol. The minimum Gasteiger partial charge on any atom is -0.453 e. The molecule has 1 N–H and O–H groups in total. The third kappa shape index (κ3) is 5.22. The predicted octanol–water partition coefficient (Wildman–Crippen LogP) is 2.69. The number of fused-ring (bicyclic) bond motifs is 1. The van der Waals surface area contributed by atoms with Gasteiger partial charge in [-0.15, -0.1) is 0 Å². The van der Waals surface area contributed by atoms with Crippen molar-refractivity contribution < 1.29 is 23.9 Å². The molecule has 1 aliphatic carbocycles. The summed E-state index contributed by atoms with van der Waals surface area (Å²) in [6.07, 6.45) is 5.41. The zero-order valence-electron chi connectivity index (χ0n) is 16.8. The Kier molecular flexibility index (Phi) is 7.01. The van der Waals surface area contributed by atoms with Gasteiger partial charge >= 0.3 is 5.97 Å². The van der Waals surface area contributed by atoms with E-state index in [0.717, 1.165) is 17.7 Å². The van der Waals surface area contributed by atoms with Crippen LogP contribution in [-0.4, -0.2) is 47.8 Å². The van der Waals surface area contributed by atoms with E-state index in [0.29, 0.717) is 30.0 Å². The first-order valence-corrected chi connectivity index (χ1v) is 10.4. The second kappa shape index (κ2) is 9.67. The first-order valence-electron chi connectivity index (χ1n) is 10.4. The zero-order valence-corrected chi connectivity index (χ0v) is 16.8. The van der Waals surface area contributed by atoms with Gasteiger partial charge in [0.25, 0.3) is 17.7 Å². The first-order chi connectivity index (χ1) is 14.0. The van der Waals surface area contributed by atoms with Gasteiger partial charge < -0.3 is 10.1 Å². The van der Waals surface area contributed by atoms with Crippen LogP contribution >= 0.6 is 0 Å². The van der Waals surface area contributed by atoms with Crippen molar-refractivity contribution in [2.75, 3.05) is 13.1 Å². The molecule has 7 heteroatoms. The van der Waals surface area contributed by atoms with Gasteiger partial charge in [-0.2, -0.15) is 0 Å². The first kappa shape index (κ1) is 21.0. The van der Waals surface area contributed by atoms with Gasteiger partial charge in [-0.3, -0.25) is 24.1 Å². The van der Waals surface area contributed by atoms with Crippen LogP contribution < -0.4 is 5.32 Å². The summed E-state index contributed by atoms with van der Waals surface area (Å²) in [6, 6.07) is 6.67. The minimum atomic E-state index is -0.856. The van der Waals surface area contributed by atoms with Gasteiger partial charge in [0.2, 0.25) is 0 Å². The summed E-state index contributed by atoms with van der Waals surface area (Å²) in [6.45, 7) is 2.32. The molecule has 29 heavy (non-hydrogen) atoms. The Hall–Kier alpha value is -2.70. The van der Waals surface area contributed by atoms with E-state index in [1.165, 1.54) is 19.3 Å². The lowest BCUT2D eigenvalue weighted by Gasteiger charge is -2.22. The number of hydrogen-bond donors (Lipinski definition) is 1. The Morgan fingerprint density at radius 3 is 2.34 bits per heavy atom. The fraction of sp³-hybridized carbons (Fsp3) is 0.545. The highest BCUT2D eigenvalue weighted by molar-refractivity contribution is 6.21. The fourth-order valence-electron chi connectivity index (χ4n) is 3.91. The molecule has 2 aliphatic rings. The van der Waals surface area contributed by atoms with Crippen LogP contribution in [0.2, 0.25) is 0 Å². The van der Waals surface area contributed by atoms with Gasteiger partial charge in [0.15, 0.2) is 6.10 Å². The molecule has 1 saturated carbocycles. The number of nitrogens with one attached hydrogen (secondary N) is 1. The molecule has 156 valence electrons. The van der Waals surface area contributed by atoms with Crippen LogP contribution in [0.4, 0.5) is 0 Å². The van der Waals surface area contributed by atoms with E-state index in [1.807, 2.05) is 0 Å². The molecule has 0 radical (unpaired) electrons. The standard InChI is InChI=1S/C22H28N2O5/c1-15(20(26)23-14-16-8-3-2-4-9-16)29-19(25)12-7-13-24-21(27)17-10-5-6-11-18(17)22(24)28/h5-6,10-11,15-16H,2-4,7-9,12-14H2,1H3,(H,23,26)/t15-/m1/s1. The molecular weight excluding hydrogens is 372 g/mol. The van der Waals surface area contributed by atoms with Crippen molar-refractivity contribution in [2.45, 2.75) is 58.0 Å². The highest BCUT2D eigenvalue weighted by Crippen LogP contribution is 2.23. The van der Waals surface area contributed by atoms with Crippen LogP contribution in [-0.2, 0) is 14.3 Å². The summed E-state index contributed by atoms with van der Waals surface area (Å²) in [5, 5.41) is 2.87. The lowest BCUT2D eigenvalue weighted by molar-refractivity contribution is -0.155. The summed E-state index contributed by atoms with van der Waals surface area (Å²) in [4.78, 5) is 49.9. The third-order valence-electron chi connectivity index (χ3n) is 5.61. The lowest BCUT2D eigenvalue weighted by atomic mass is 9.89. The molecule has 0 unspecified atom stereocenters. The Morgan fingerprint density at radius 1 is 1.10 bits per heavy atom. The Morgan fingerprint density at radius 2 is 1.72 bits per heavy atom. The van der Waals surface area contributed by atoms with Gasteiger partial charge in [0.05, 0.1) is 11.1 Å². The second-order valence-electron chi connectivity index (χ2n) is 7.79. The van der Waals surface area contributed by atoms with E-state index in [9.17, 15) is 19.2 Å². The van der Waals surface area contributed by atoms with Crippen molar-refractivity contribution in [3.63, 3.8) is 0 Å². The summed E-state index contributed by atoms with van der Waals surface area (Å²) in [5.74, 6) is -0.967. The number of carbonyl (C=O) groups excluding carboxylic acids is 4. The van der Waals surface area contributed by atoms with Gasteiger partial charge in [0, 0.05) is 19.5 Å². The number of carbonyl (C=O) groups is 4. The lowest BCUT2D eigenvalue weighted by Crippen LogP contribution is -2.38. The van der Waals surface area contributed by atoms with Crippen LogP contribution in [0.5, 0.6) is 0 Å². The van der Waals surface area contributed by atoms with Crippen molar-refractivity contribution in [3.05, 3.63) is 35.4 Å². The third-order valence-corrected chi connectivity index (χ3v) is 5.61. The minimum absolute atomic E-state index is 0.0354. The molecule has 1 heterocycles. The Balaban J connectivity index is 1.37. The molecule has 1 aromatic rings. The van der Waals surface area contributed by atoms with Gasteiger partial charge in [-0.1, -0.05) is 31.4 Å². The second-order valence-corrected chi connectivity index (χ2v) is 7.79. The molecule has 7 nitrogen and oxygen atoms in total. The number of amides is 3. The van der Waals surface area contributed by atoms with E-state index in [-0.39, 0.29) is 30.7 Å². The van der Waals surface area contributed by atoms with Crippen LogP contribution in [0.15, 0.2) is 24.3 Å². The Labute approximate surface area is 170 Å². The molecule has 0 aromatic heterocycles. The average molecular weight is 400 g/mol. The summed E-state index contributed by atoms with van der Waals surface area (Å²) in [5.41, 5.74) is 0.784. The quantitative estimate of drug-likeness (QED) is 0.535. The maximum atomic E-state index is 12.3. The molecule has 0 spiro atoms. The van der Waals surface area contributed by atoms with E-state index >= 15 is 0 Å². The molecular formula is C22H28N2O5. The van der Waals surface area contributed by atoms with Crippen LogP contribution in [0.3, 0.4) is 0 Å². The van der Waals surface area contributed by atoms with Crippen molar-refractivity contribution in [2.24, 2.45) is 5.92 Å². The maximum absolute atomic E-state index is 12.3. The summed E-state index contributed by atoms with van der Waals surface area (Å²) in [7, 11) is 0. The highest BCUT2D eigenvalue weighted by atomic mass is 16.5. The van der Waals surface area contributed by atoms with Crippen LogP contribution in [0, 0.1) is 5.92 Å². The summed E-state index contributed by atoms with van der Waals surface area (Å²) < 4.78 is 5.19. The molecule has 3 amide bonds. The topological polar surface area (TPSA) is 92.8 Å². The van der Waals surface area contributed by atoms with Crippen molar-refractivity contribution >= 4 is 23.7 Å². The van der Waals surface area contributed by atoms with E-state index in [1.54, 1.807) is 31.2 Å². The number of benzene rings is 1. The number of nitrogens with zero attached hydrogens (tertiary/aromatic N) is 1. The molecule has 1 aromatic carbocycles. The average Bonchev–Trinajstić information content (AvgIpc) is 2.97. The van der Waals surface area contributed by atoms with E-state index in [2.05, 4.69) is 5.32 Å². The van der Waals surface area contributed by atoms with Gasteiger partial charge in [0.1, 0.15) is 0 Å².